The van der Waals surface area contributed by atoms with Crippen LogP contribution in [0, 0.1) is 0 Å². The molecule has 0 aliphatic carbocycles. The number of carbonyl (C=O) groups is 2. The van der Waals surface area contributed by atoms with Crippen LogP contribution in [-0.2, 0) is 4.79 Å². The topological polar surface area (TPSA) is 60.9 Å². The molecule has 1 aromatic rings. The molecule has 1 aromatic carbocycles. The van der Waals surface area contributed by atoms with Crippen LogP contribution in [0.2, 0.25) is 0 Å². The lowest BCUT2D eigenvalue weighted by atomic mass is 10.0. The average molecular weight is 316 g/mol. The Hall–Kier alpha value is -2.30. The number of amides is 2. The molecule has 2 atom stereocenters. The fourth-order valence-corrected chi connectivity index (χ4v) is 3.03. The molecule has 2 amide bonds. The van der Waals surface area contributed by atoms with Gasteiger partial charge in [0.15, 0.2) is 0 Å². The second-order valence-corrected chi connectivity index (χ2v) is 6.81. The zero-order chi connectivity index (χ0) is 17.2. The van der Waals surface area contributed by atoms with Crippen molar-refractivity contribution < 1.29 is 14.7 Å². The lowest BCUT2D eigenvalue weighted by Crippen LogP contribution is -2.56. The van der Waals surface area contributed by atoms with E-state index in [1.54, 1.807) is 32.7 Å². The Balaban J connectivity index is 2.34. The van der Waals surface area contributed by atoms with Crippen molar-refractivity contribution in [3.8, 4) is 0 Å². The van der Waals surface area contributed by atoms with Crippen LogP contribution >= 0.6 is 0 Å². The molecule has 0 spiro atoms. The molecule has 1 heterocycles. The van der Waals surface area contributed by atoms with E-state index in [1.165, 1.54) is 4.90 Å². The summed E-state index contributed by atoms with van der Waals surface area (Å²) in [4.78, 5) is 27.5. The minimum absolute atomic E-state index is 0.177. The fourth-order valence-electron chi connectivity index (χ4n) is 3.03. The molecule has 0 radical (unpaired) electrons. The highest BCUT2D eigenvalue weighted by Gasteiger charge is 2.40. The van der Waals surface area contributed by atoms with Gasteiger partial charge in [0, 0.05) is 12.6 Å². The van der Waals surface area contributed by atoms with E-state index in [1.807, 2.05) is 42.5 Å². The Morgan fingerprint density at radius 3 is 2.39 bits per heavy atom. The Bertz CT molecular complexity index is 604. The van der Waals surface area contributed by atoms with Crippen LogP contribution in [-0.4, -0.2) is 45.5 Å². The number of hydrogen-bond acceptors (Lipinski definition) is 2. The van der Waals surface area contributed by atoms with Crippen LogP contribution in [0.3, 0.4) is 0 Å². The van der Waals surface area contributed by atoms with Crippen LogP contribution in [0.5, 0.6) is 0 Å². The standard InChI is InChI=1S/C18H24N2O3/c1-18(2,3)20(17(22)23)15-12-8-11-14(19(4)16(15)21)13-9-6-5-7-10-13/h5-11,14-15H,12H2,1-4H3,(H,22,23)/t14-,15-/m0/s1. The molecular weight excluding hydrogens is 292 g/mol. The first-order valence-corrected chi connectivity index (χ1v) is 7.74. The summed E-state index contributed by atoms with van der Waals surface area (Å²) in [6.07, 6.45) is 3.19. The SMILES string of the molecule is CN1C(=O)[C@@H](N(C(=O)O)C(C)(C)C)CC=C[C@H]1c1ccccc1. The molecule has 0 saturated carbocycles. The first-order valence-electron chi connectivity index (χ1n) is 7.74. The molecule has 0 fully saturated rings. The lowest BCUT2D eigenvalue weighted by molar-refractivity contribution is -0.137. The van der Waals surface area contributed by atoms with Crippen molar-refractivity contribution in [3.63, 3.8) is 0 Å². The predicted octanol–water partition coefficient (Wildman–Crippen LogP) is 3.29. The Kier molecular flexibility index (Phi) is 4.78. The quantitative estimate of drug-likeness (QED) is 0.852. The summed E-state index contributed by atoms with van der Waals surface area (Å²) >= 11 is 0. The van der Waals surface area contributed by atoms with Gasteiger partial charge in [-0.1, -0.05) is 42.5 Å². The Morgan fingerprint density at radius 1 is 1.26 bits per heavy atom. The highest BCUT2D eigenvalue weighted by molar-refractivity contribution is 5.86. The second-order valence-electron chi connectivity index (χ2n) is 6.81. The van der Waals surface area contributed by atoms with E-state index in [9.17, 15) is 14.7 Å². The van der Waals surface area contributed by atoms with Crippen LogP contribution < -0.4 is 0 Å². The van der Waals surface area contributed by atoms with Gasteiger partial charge in [-0.25, -0.2) is 4.79 Å². The van der Waals surface area contributed by atoms with E-state index < -0.39 is 17.7 Å². The van der Waals surface area contributed by atoms with Crippen molar-refractivity contribution in [3.05, 3.63) is 48.0 Å². The van der Waals surface area contributed by atoms with Gasteiger partial charge in [-0.15, -0.1) is 0 Å². The Labute approximate surface area is 137 Å². The van der Waals surface area contributed by atoms with Gasteiger partial charge in [0.1, 0.15) is 6.04 Å². The molecule has 5 heteroatoms. The summed E-state index contributed by atoms with van der Waals surface area (Å²) in [7, 11) is 1.73. The van der Waals surface area contributed by atoms with Crippen LogP contribution in [0.25, 0.3) is 0 Å². The third-order valence-electron chi connectivity index (χ3n) is 4.11. The van der Waals surface area contributed by atoms with Gasteiger partial charge in [0.2, 0.25) is 5.91 Å². The van der Waals surface area contributed by atoms with Crippen molar-refractivity contribution in [2.24, 2.45) is 0 Å². The van der Waals surface area contributed by atoms with E-state index in [0.29, 0.717) is 6.42 Å². The number of carbonyl (C=O) groups excluding carboxylic acids is 1. The van der Waals surface area contributed by atoms with Gasteiger partial charge in [0.25, 0.3) is 0 Å². The number of likely N-dealkylation sites (N-methyl/N-ethyl adjacent to an activating group) is 1. The summed E-state index contributed by atoms with van der Waals surface area (Å²) in [6.45, 7) is 5.41. The van der Waals surface area contributed by atoms with Crippen molar-refractivity contribution in [2.75, 3.05) is 7.05 Å². The van der Waals surface area contributed by atoms with Gasteiger partial charge < -0.3 is 10.0 Å². The maximum atomic E-state index is 12.9. The highest BCUT2D eigenvalue weighted by Crippen LogP contribution is 2.29. The molecule has 0 unspecified atom stereocenters. The summed E-state index contributed by atoms with van der Waals surface area (Å²) in [5, 5.41) is 9.57. The highest BCUT2D eigenvalue weighted by atomic mass is 16.4. The number of nitrogens with zero attached hydrogens (tertiary/aromatic N) is 2. The van der Waals surface area contributed by atoms with Gasteiger partial charge in [-0.05, 0) is 32.8 Å². The van der Waals surface area contributed by atoms with Crippen molar-refractivity contribution in [2.45, 2.75) is 44.8 Å². The molecule has 1 aliphatic rings. The molecule has 124 valence electrons. The molecule has 23 heavy (non-hydrogen) atoms. The van der Waals surface area contributed by atoms with Crippen molar-refractivity contribution in [1.29, 1.82) is 0 Å². The van der Waals surface area contributed by atoms with E-state index in [0.717, 1.165) is 5.56 Å². The number of hydrogen-bond donors (Lipinski definition) is 1. The largest absolute Gasteiger partial charge is 0.465 e. The van der Waals surface area contributed by atoms with Gasteiger partial charge >= 0.3 is 6.09 Å². The third kappa shape index (κ3) is 3.55. The fraction of sp³-hybridized carbons (Fsp3) is 0.444. The van der Waals surface area contributed by atoms with Crippen molar-refractivity contribution >= 4 is 12.0 Å². The average Bonchev–Trinajstić information content (AvgIpc) is 2.60. The van der Waals surface area contributed by atoms with E-state index in [-0.39, 0.29) is 11.9 Å². The van der Waals surface area contributed by atoms with Crippen LogP contribution in [0.4, 0.5) is 4.79 Å². The first-order chi connectivity index (χ1) is 10.7. The maximum absolute atomic E-state index is 12.9. The molecule has 1 N–H and O–H groups in total. The Morgan fingerprint density at radius 2 is 1.87 bits per heavy atom. The third-order valence-corrected chi connectivity index (χ3v) is 4.11. The monoisotopic (exact) mass is 316 g/mol. The van der Waals surface area contributed by atoms with Gasteiger partial charge in [-0.2, -0.15) is 0 Å². The summed E-state index contributed by atoms with van der Waals surface area (Å²) in [6, 6.07) is 8.85. The predicted molar refractivity (Wildman–Crippen MR) is 89.1 cm³/mol. The molecule has 2 rings (SSSR count). The van der Waals surface area contributed by atoms with E-state index >= 15 is 0 Å². The number of rotatable bonds is 2. The number of benzene rings is 1. The molecular formula is C18H24N2O3. The van der Waals surface area contributed by atoms with Crippen LogP contribution in [0.1, 0.15) is 38.8 Å². The maximum Gasteiger partial charge on any atom is 0.408 e. The summed E-state index contributed by atoms with van der Waals surface area (Å²) in [5.74, 6) is -0.179. The molecule has 1 aliphatic heterocycles. The molecule has 0 bridgehead atoms. The molecule has 5 nitrogen and oxygen atoms in total. The summed E-state index contributed by atoms with van der Waals surface area (Å²) in [5.41, 5.74) is 0.367. The minimum Gasteiger partial charge on any atom is -0.465 e. The molecule has 0 saturated heterocycles. The lowest BCUT2D eigenvalue weighted by Gasteiger charge is -2.39. The van der Waals surface area contributed by atoms with E-state index in [4.69, 9.17) is 0 Å². The van der Waals surface area contributed by atoms with Gasteiger partial charge in [-0.3, -0.25) is 9.69 Å². The number of carboxylic acid groups (broad SMARTS) is 1. The normalized spacial score (nSPS) is 21.9. The molecule has 0 aromatic heterocycles. The minimum atomic E-state index is -1.07. The van der Waals surface area contributed by atoms with E-state index in [2.05, 4.69) is 0 Å². The van der Waals surface area contributed by atoms with Crippen molar-refractivity contribution in [1.82, 2.24) is 9.80 Å². The first kappa shape index (κ1) is 17.1. The summed E-state index contributed by atoms with van der Waals surface area (Å²) < 4.78 is 0. The zero-order valence-electron chi connectivity index (χ0n) is 14.1. The zero-order valence-corrected chi connectivity index (χ0v) is 14.1. The second kappa shape index (κ2) is 6.44. The van der Waals surface area contributed by atoms with Gasteiger partial charge in [0.05, 0.1) is 6.04 Å². The van der Waals surface area contributed by atoms with Crippen LogP contribution in [0.15, 0.2) is 42.5 Å². The smallest absolute Gasteiger partial charge is 0.408 e.